The molecule has 0 aromatic rings. The van der Waals surface area contributed by atoms with Crippen molar-refractivity contribution in [1.29, 1.82) is 0 Å². The molecule has 0 aromatic heterocycles. The van der Waals surface area contributed by atoms with Gasteiger partial charge in [-0.15, -0.1) is 0 Å². The molecule has 0 bridgehead atoms. The van der Waals surface area contributed by atoms with Crippen LogP contribution in [0, 0.1) is 5.92 Å². The Kier molecular flexibility index (Phi) is 5.89. The molecule has 2 unspecified atom stereocenters. The van der Waals surface area contributed by atoms with Gasteiger partial charge in [-0.25, -0.2) is 0 Å². The SMILES string of the molecule is CC/C=C(/C)C(=O)NC1CCCCCC1C(=O)O. The van der Waals surface area contributed by atoms with Crippen LogP contribution in [0.3, 0.4) is 0 Å². The van der Waals surface area contributed by atoms with Gasteiger partial charge < -0.3 is 10.4 Å². The highest BCUT2D eigenvalue weighted by Gasteiger charge is 2.30. The van der Waals surface area contributed by atoms with E-state index in [1.807, 2.05) is 13.0 Å². The van der Waals surface area contributed by atoms with E-state index in [0.29, 0.717) is 12.0 Å². The van der Waals surface area contributed by atoms with E-state index in [2.05, 4.69) is 5.32 Å². The van der Waals surface area contributed by atoms with Crippen molar-refractivity contribution in [2.75, 3.05) is 0 Å². The zero-order valence-corrected chi connectivity index (χ0v) is 11.2. The Hall–Kier alpha value is -1.32. The molecule has 1 aliphatic rings. The molecule has 2 N–H and O–H groups in total. The molecular weight excluding hydrogens is 230 g/mol. The highest BCUT2D eigenvalue weighted by Crippen LogP contribution is 2.24. The first-order valence-electron chi connectivity index (χ1n) is 6.76. The number of hydrogen-bond donors (Lipinski definition) is 2. The predicted molar refractivity (Wildman–Crippen MR) is 70.2 cm³/mol. The van der Waals surface area contributed by atoms with Gasteiger partial charge in [0.2, 0.25) is 5.91 Å². The van der Waals surface area contributed by atoms with Gasteiger partial charge in [0, 0.05) is 11.6 Å². The summed E-state index contributed by atoms with van der Waals surface area (Å²) in [5, 5.41) is 12.1. The van der Waals surface area contributed by atoms with Crippen LogP contribution in [0.5, 0.6) is 0 Å². The lowest BCUT2D eigenvalue weighted by Gasteiger charge is -2.23. The highest BCUT2D eigenvalue weighted by atomic mass is 16.4. The van der Waals surface area contributed by atoms with Crippen LogP contribution in [0.2, 0.25) is 0 Å². The van der Waals surface area contributed by atoms with Crippen LogP contribution in [0.4, 0.5) is 0 Å². The number of carbonyl (C=O) groups is 2. The average Bonchev–Trinajstić information content (AvgIpc) is 2.54. The smallest absolute Gasteiger partial charge is 0.308 e. The van der Waals surface area contributed by atoms with E-state index in [1.54, 1.807) is 6.92 Å². The molecule has 0 saturated heterocycles. The summed E-state index contributed by atoms with van der Waals surface area (Å²) in [5.41, 5.74) is 0.672. The van der Waals surface area contributed by atoms with Crippen LogP contribution >= 0.6 is 0 Å². The van der Waals surface area contributed by atoms with Crippen LogP contribution in [0.1, 0.15) is 52.4 Å². The zero-order chi connectivity index (χ0) is 13.5. The number of carboxylic acids is 1. The standard InChI is InChI=1S/C14H23NO3/c1-3-7-10(2)13(16)15-12-9-6-4-5-8-11(12)14(17)18/h7,11-12H,3-6,8-9H2,1-2H3,(H,15,16)(H,17,18)/b10-7-. The van der Waals surface area contributed by atoms with Crippen LogP contribution in [-0.2, 0) is 9.59 Å². The molecule has 1 amide bonds. The lowest BCUT2D eigenvalue weighted by Crippen LogP contribution is -2.43. The van der Waals surface area contributed by atoms with Gasteiger partial charge >= 0.3 is 5.97 Å². The molecule has 1 aliphatic carbocycles. The van der Waals surface area contributed by atoms with Gasteiger partial charge in [-0.2, -0.15) is 0 Å². The maximum absolute atomic E-state index is 11.9. The number of aliphatic carboxylic acids is 1. The van der Waals surface area contributed by atoms with Gasteiger partial charge in [-0.1, -0.05) is 32.3 Å². The molecule has 0 spiro atoms. The van der Waals surface area contributed by atoms with E-state index in [9.17, 15) is 14.7 Å². The second-order valence-corrected chi connectivity index (χ2v) is 4.96. The molecule has 18 heavy (non-hydrogen) atoms. The van der Waals surface area contributed by atoms with Gasteiger partial charge in [0.05, 0.1) is 5.92 Å². The summed E-state index contributed by atoms with van der Waals surface area (Å²) in [6, 6.07) is -0.224. The van der Waals surface area contributed by atoms with Crippen molar-refractivity contribution in [3.63, 3.8) is 0 Å². The maximum atomic E-state index is 11.9. The molecule has 4 heteroatoms. The Bertz CT molecular complexity index is 336. The molecule has 2 atom stereocenters. The second kappa shape index (κ2) is 7.19. The van der Waals surface area contributed by atoms with Gasteiger partial charge in [0.1, 0.15) is 0 Å². The lowest BCUT2D eigenvalue weighted by molar-refractivity contribution is -0.143. The van der Waals surface area contributed by atoms with E-state index in [0.717, 1.165) is 32.1 Å². The van der Waals surface area contributed by atoms with Crippen molar-refractivity contribution in [2.24, 2.45) is 5.92 Å². The molecule has 0 heterocycles. The number of hydrogen-bond acceptors (Lipinski definition) is 2. The third-order valence-electron chi connectivity index (χ3n) is 3.52. The van der Waals surface area contributed by atoms with Crippen molar-refractivity contribution in [3.8, 4) is 0 Å². The average molecular weight is 253 g/mol. The highest BCUT2D eigenvalue weighted by molar-refractivity contribution is 5.93. The van der Waals surface area contributed by atoms with Crippen LogP contribution in [0.25, 0.3) is 0 Å². The molecule has 1 fully saturated rings. The van der Waals surface area contributed by atoms with Crippen molar-refractivity contribution in [1.82, 2.24) is 5.32 Å². The lowest BCUT2D eigenvalue weighted by atomic mass is 9.94. The Labute approximate surface area is 108 Å². The maximum Gasteiger partial charge on any atom is 0.308 e. The van der Waals surface area contributed by atoms with E-state index in [1.165, 1.54) is 0 Å². The van der Waals surface area contributed by atoms with Crippen LogP contribution in [0.15, 0.2) is 11.6 Å². The molecule has 1 saturated carbocycles. The van der Waals surface area contributed by atoms with Crippen LogP contribution in [-0.4, -0.2) is 23.0 Å². The fraction of sp³-hybridized carbons (Fsp3) is 0.714. The number of allylic oxidation sites excluding steroid dienone is 1. The normalized spacial score (nSPS) is 25.3. The summed E-state index contributed by atoms with van der Waals surface area (Å²) in [4.78, 5) is 23.1. The van der Waals surface area contributed by atoms with Gasteiger partial charge in [0.25, 0.3) is 0 Å². The molecule has 4 nitrogen and oxygen atoms in total. The summed E-state index contributed by atoms with van der Waals surface area (Å²) in [6.07, 6.45) is 7.09. The van der Waals surface area contributed by atoms with Gasteiger partial charge in [-0.3, -0.25) is 9.59 Å². The van der Waals surface area contributed by atoms with E-state index in [4.69, 9.17) is 0 Å². The van der Waals surface area contributed by atoms with Crippen molar-refractivity contribution >= 4 is 11.9 Å². The molecule has 0 radical (unpaired) electrons. The first-order valence-corrected chi connectivity index (χ1v) is 6.76. The van der Waals surface area contributed by atoms with Crippen molar-refractivity contribution < 1.29 is 14.7 Å². The molecule has 0 aromatic carbocycles. The summed E-state index contributed by atoms with van der Waals surface area (Å²) in [7, 11) is 0. The first kappa shape index (κ1) is 14.7. The number of carboxylic acid groups (broad SMARTS) is 1. The zero-order valence-electron chi connectivity index (χ0n) is 11.2. The second-order valence-electron chi connectivity index (χ2n) is 4.96. The summed E-state index contributed by atoms with van der Waals surface area (Å²) in [5.74, 6) is -1.36. The van der Waals surface area contributed by atoms with Crippen LogP contribution < -0.4 is 5.32 Å². The fourth-order valence-electron chi connectivity index (χ4n) is 2.46. The number of rotatable bonds is 4. The van der Waals surface area contributed by atoms with Crippen molar-refractivity contribution in [2.45, 2.75) is 58.4 Å². The van der Waals surface area contributed by atoms with Gasteiger partial charge in [-0.05, 0) is 26.2 Å². The Morgan fingerprint density at radius 1 is 1.28 bits per heavy atom. The minimum absolute atomic E-state index is 0.130. The minimum atomic E-state index is -0.792. The summed E-state index contributed by atoms with van der Waals surface area (Å²) >= 11 is 0. The van der Waals surface area contributed by atoms with Crippen molar-refractivity contribution in [3.05, 3.63) is 11.6 Å². The Morgan fingerprint density at radius 2 is 1.94 bits per heavy atom. The number of amides is 1. The Morgan fingerprint density at radius 3 is 2.56 bits per heavy atom. The molecule has 102 valence electrons. The first-order chi connectivity index (χ1) is 8.56. The number of nitrogens with one attached hydrogen (secondary N) is 1. The minimum Gasteiger partial charge on any atom is -0.481 e. The van der Waals surface area contributed by atoms with E-state index >= 15 is 0 Å². The fourth-order valence-corrected chi connectivity index (χ4v) is 2.46. The molecular formula is C14H23NO3. The van der Waals surface area contributed by atoms with E-state index in [-0.39, 0.29) is 11.9 Å². The summed E-state index contributed by atoms with van der Waals surface area (Å²) < 4.78 is 0. The predicted octanol–water partition coefficient (Wildman–Crippen LogP) is 2.49. The quantitative estimate of drug-likeness (QED) is 0.597. The third-order valence-corrected chi connectivity index (χ3v) is 3.52. The largest absolute Gasteiger partial charge is 0.481 e. The van der Waals surface area contributed by atoms with E-state index < -0.39 is 11.9 Å². The Balaban J connectivity index is 2.69. The molecule has 1 rings (SSSR count). The molecule has 0 aliphatic heterocycles. The third kappa shape index (κ3) is 4.17. The topological polar surface area (TPSA) is 66.4 Å². The van der Waals surface area contributed by atoms with Gasteiger partial charge in [0.15, 0.2) is 0 Å². The monoisotopic (exact) mass is 253 g/mol. The number of carbonyl (C=O) groups excluding carboxylic acids is 1. The summed E-state index contributed by atoms with van der Waals surface area (Å²) in [6.45, 7) is 3.74.